The lowest BCUT2D eigenvalue weighted by atomic mass is 10.0. The molecule has 0 fully saturated rings. The van der Waals surface area contributed by atoms with Crippen LogP contribution in [0.15, 0.2) is 188 Å². The van der Waals surface area contributed by atoms with Gasteiger partial charge in [-0.15, -0.1) is 0 Å². The van der Waals surface area contributed by atoms with Crippen LogP contribution in [0.5, 0.6) is 0 Å². The smallest absolute Gasteiger partial charge is 0.123 e. The molecule has 9 rings (SSSR count). The summed E-state index contributed by atoms with van der Waals surface area (Å²) in [4.78, 5) is 2.23. The first-order valence-corrected chi connectivity index (χ1v) is 17.7. The first-order chi connectivity index (χ1) is 26.0. The van der Waals surface area contributed by atoms with E-state index in [0.29, 0.717) is 0 Å². The molecule has 0 bridgehead atoms. The summed E-state index contributed by atoms with van der Waals surface area (Å²) < 4.78 is 29.6. The lowest BCUT2D eigenvalue weighted by molar-refractivity contribution is 0.627. The van der Waals surface area contributed by atoms with Crippen LogP contribution < -0.4 is 4.90 Å². The number of hydrogen-bond acceptors (Lipinski definition) is 1. The fourth-order valence-corrected chi connectivity index (χ4v) is 7.31. The Bertz CT molecular complexity index is 2610. The van der Waals surface area contributed by atoms with Gasteiger partial charge in [-0.1, -0.05) is 96.6 Å². The van der Waals surface area contributed by atoms with E-state index in [-0.39, 0.29) is 11.6 Å². The molecule has 2 nitrogen and oxygen atoms in total. The number of aryl methyl sites for hydroxylation is 1. The molecule has 4 heteroatoms. The topological polar surface area (TPSA) is 8.17 Å². The van der Waals surface area contributed by atoms with E-state index in [4.69, 9.17) is 0 Å². The molecule has 0 aliphatic rings. The number of halogens is 2. The van der Waals surface area contributed by atoms with Gasteiger partial charge in [0.15, 0.2) is 0 Å². The third-order valence-electron chi connectivity index (χ3n) is 10.00. The maximum Gasteiger partial charge on any atom is 0.123 e. The van der Waals surface area contributed by atoms with Crippen molar-refractivity contribution in [3.8, 4) is 39.1 Å². The van der Waals surface area contributed by atoms with Crippen molar-refractivity contribution in [1.29, 1.82) is 0 Å². The van der Waals surface area contributed by atoms with Crippen molar-refractivity contribution in [1.82, 2.24) is 4.57 Å². The number of hydrogen-bond donors (Lipinski definition) is 0. The van der Waals surface area contributed by atoms with Gasteiger partial charge < -0.3 is 9.47 Å². The van der Waals surface area contributed by atoms with Crippen LogP contribution in [0.1, 0.15) is 5.56 Å². The van der Waals surface area contributed by atoms with E-state index >= 15 is 0 Å². The molecule has 0 atom stereocenters. The first-order valence-electron chi connectivity index (χ1n) is 17.7. The molecule has 0 radical (unpaired) electrons. The van der Waals surface area contributed by atoms with Crippen molar-refractivity contribution < 1.29 is 8.78 Å². The molecule has 8 aromatic carbocycles. The first kappa shape index (κ1) is 32.1. The summed E-state index contributed by atoms with van der Waals surface area (Å²) in [6.07, 6.45) is 0. The van der Waals surface area contributed by atoms with Crippen molar-refractivity contribution in [2.24, 2.45) is 0 Å². The van der Waals surface area contributed by atoms with Gasteiger partial charge in [0.25, 0.3) is 0 Å². The number of nitrogens with zero attached hydrogens (tertiary/aromatic N) is 2. The molecular weight excluding hydrogens is 655 g/mol. The van der Waals surface area contributed by atoms with E-state index in [0.717, 1.165) is 56.1 Å². The third kappa shape index (κ3) is 6.15. The van der Waals surface area contributed by atoms with E-state index in [1.807, 2.05) is 0 Å². The van der Waals surface area contributed by atoms with E-state index in [1.54, 1.807) is 24.3 Å². The minimum Gasteiger partial charge on any atom is -0.311 e. The van der Waals surface area contributed by atoms with Crippen LogP contribution in [-0.2, 0) is 0 Å². The van der Waals surface area contributed by atoms with E-state index in [9.17, 15) is 8.78 Å². The highest BCUT2D eigenvalue weighted by atomic mass is 19.1. The van der Waals surface area contributed by atoms with Crippen LogP contribution >= 0.6 is 0 Å². The van der Waals surface area contributed by atoms with E-state index < -0.39 is 0 Å². The van der Waals surface area contributed by atoms with Crippen LogP contribution in [0, 0.1) is 18.6 Å². The van der Waals surface area contributed by atoms with Crippen LogP contribution in [0.4, 0.5) is 25.8 Å². The zero-order valence-corrected chi connectivity index (χ0v) is 29.0. The van der Waals surface area contributed by atoms with Crippen LogP contribution in [0.25, 0.3) is 60.9 Å². The monoisotopic (exact) mass is 688 g/mol. The maximum absolute atomic E-state index is 13.6. The molecule has 0 N–H and O–H groups in total. The minimum atomic E-state index is -0.252. The molecule has 0 saturated carbocycles. The largest absolute Gasteiger partial charge is 0.311 e. The van der Waals surface area contributed by atoms with E-state index in [2.05, 4.69) is 156 Å². The standard InChI is InChI=1S/C49H34F2N2/c1-33-7-29-48-46(31-33)47-32-39(18-30-49(47)53(48)42-5-3-2-4-6-42)38-16-27-45(28-17-38)52(43-23-12-36(13-24-43)34-8-19-40(50)20-9-34)44-25-14-37(15-26-44)35-10-21-41(51)22-11-35/h2-32H,1H3. The molecule has 1 heterocycles. The molecule has 9 aromatic rings. The number of anilines is 3. The number of aromatic nitrogens is 1. The SMILES string of the molecule is Cc1ccc2c(c1)c1cc(-c3ccc(N(c4ccc(-c5ccc(F)cc5)cc4)c4ccc(-c5ccc(F)cc5)cc4)cc3)ccc1n2-c1ccccc1. The number of para-hydroxylation sites is 1. The zero-order chi connectivity index (χ0) is 35.9. The van der Waals surface area contributed by atoms with Crippen LogP contribution in [-0.4, -0.2) is 4.57 Å². The Morgan fingerprint density at radius 2 is 0.755 bits per heavy atom. The zero-order valence-electron chi connectivity index (χ0n) is 29.0. The number of rotatable bonds is 7. The predicted molar refractivity (Wildman–Crippen MR) is 216 cm³/mol. The second-order valence-corrected chi connectivity index (χ2v) is 13.4. The molecule has 0 unspecified atom stereocenters. The molecule has 0 spiro atoms. The number of fused-ring (bicyclic) bond motifs is 3. The summed E-state index contributed by atoms with van der Waals surface area (Å²) in [5.74, 6) is -0.504. The minimum absolute atomic E-state index is 0.252. The lowest BCUT2D eigenvalue weighted by Gasteiger charge is -2.26. The summed E-state index contributed by atoms with van der Waals surface area (Å²) in [5, 5.41) is 2.46. The third-order valence-corrected chi connectivity index (χ3v) is 10.00. The van der Waals surface area contributed by atoms with Crippen molar-refractivity contribution in [3.63, 3.8) is 0 Å². The second-order valence-electron chi connectivity index (χ2n) is 13.4. The molecule has 0 aliphatic carbocycles. The summed E-state index contributed by atoms with van der Waals surface area (Å²) >= 11 is 0. The molecule has 0 saturated heterocycles. The van der Waals surface area contributed by atoms with Crippen molar-refractivity contribution >= 4 is 38.9 Å². The molecule has 254 valence electrons. The lowest BCUT2D eigenvalue weighted by Crippen LogP contribution is -2.09. The van der Waals surface area contributed by atoms with Gasteiger partial charge in [0.05, 0.1) is 11.0 Å². The van der Waals surface area contributed by atoms with Gasteiger partial charge in [-0.05, 0) is 137 Å². The quantitative estimate of drug-likeness (QED) is 0.162. The van der Waals surface area contributed by atoms with Gasteiger partial charge in [-0.2, -0.15) is 0 Å². The average Bonchev–Trinajstić information content (AvgIpc) is 3.52. The fourth-order valence-electron chi connectivity index (χ4n) is 7.31. The van der Waals surface area contributed by atoms with Crippen molar-refractivity contribution in [3.05, 3.63) is 205 Å². The summed E-state index contributed by atoms with van der Waals surface area (Å²) in [6, 6.07) is 62.5. The Kier molecular flexibility index (Phi) is 8.13. The Balaban J connectivity index is 1.10. The highest BCUT2D eigenvalue weighted by Gasteiger charge is 2.16. The van der Waals surface area contributed by atoms with Crippen molar-refractivity contribution in [2.45, 2.75) is 6.92 Å². The highest BCUT2D eigenvalue weighted by molar-refractivity contribution is 6.10. The van der Waals surface area contributed by atoms with Crippen molar-refractivity contribution in [2.75, 3.05) is 4.90 Å². The Morgan fingerprint density at radius 1 is 0.377 bits per heavy atom. The van der Waals surface area contributed by atoms with Gasteiger partial charge in [-0.25, -0.2) is 8.78 Å². The van der Waals surface area contributed by atoms with Crippen LogP contribution in [0.2, 0.25) is 0 Å². The predicted octanol–water partition coefficient (Wildman–Crippen LogP) is 13.8. The van der Waals surface area contributed by atoms with E-state index in [1.165, 1.54) is 51.6 Å². The summed E-state index contributed by atoms with van der Waals surface area (Å²) in [5.41, 5.74) is 13.9. The fraction of sp³-hybridized carbons (Fsp3) is 0.0204. The average molecular weight is 689 g/mol. The maximum atomic E-state index is 13.6. The van der Waals surface area contributed by atoms with Crippen LogP contribution in [0.3, 0.4) is 0 Å². The molecule has 0 aliphatic heterocycles. The van der Waals surface area contributed by atoms with Gasteiger partial charge in [0.1, 0.15) is 11.6 Å². The number of benzene rings is 8. The van der Waals surface area contributed by atoms with Gasteiger partial charge in [0, 0.05) is 33.5 Å². The Morgan fingerprint density at radius 3 is 1.23 bits per heavy atom. The Hall–Kier alpha value is -6.78. The summed E-state index contributed by atoms with van der Waals surface area (Å²) in [7, 11) is 0. The van der Waals surface area contributed by atoms with Gasteiger partial charge in [-0.3, -0.25) is 0 Å². The summed E-state index contributed by atoms with van der Waals surface area (Å²) in [6.45, 7) is 2.14. The Labute approximate surface area is 307 Å². The highest BCUT2D eigenvalue weighted by Crippen LogP contribution is 2.39. The molecule has 53 heavy (non-hydrogen) atoms. The molecular formula is C49H34F2N2. The molecule has 1 aromatic heterocycles. The van der Waals surface area contributed by atoms with Gasteiger partial charge in [0.2, 0.25) is 0 Å². The second kappa shape index (κ2) is 13.4. The normalized spacial score (nSPS) is 11.3. The molecule has 0 amide bonds. The van der Waals surface area contributed by atoms with Gasteiger partial charge >= 0.3 is 0 Å².